The second kappa shape index (κ2) is 5.14. The van der Waals surface area contributed by atoms with Crippen LogP contribution in [0, 0.1) is 11.2 Å². The maximum atomic E-state index is 13.0. The van der Waals surface area contributed by atoms with Crippen molar-refractivity contribution < 1.29 is 14.3 Å². The maximum Gasteiger partial charge on any atom is 0.224 e. The van der Waals surface area contributed by atoms with Crippen molar-refractivity contribution in [2.45, 2.75) is 20.4 Å². The molecule has 0 aliphatic carbocycles. The Labute approximate surface area is 99.6 Å². The van der Waals surface area contributed by atoms with Gasteiger partial charge in [0, 0.05) is 19.2 Å². The van der Waals surface area contributed by atoms with Crippen molar-refractivity contribution in [2.75, 3.05) is 6.54 Å². The molecule has 94 valence electrons. The highest BCUT2D eigenvalue weighted by Gasteiger charge is 2.23. The molecule has 5 heteroatoms. The van der Waals surface area contributed by atoms with Crippen LogP contribution >= 0.6 is 0 Å². The van der Waals surface area contributed by atoms with E-state index in [-0.39, 0.29) is 5.75 Å². The van der Waals surface area contributed by atoms with E-state index in [1.807, 2.05) is 0 Å². The summed E-state index contributed by atoms with van der Waals surface area (Å²) in [7, 11) is 0. The van der Waals surface area contributed by atoms with Gasteiger partial charge in [-0.2, -0.15) is 0 Å². The number of carbonyl (C=O) groups excluding carboxylic acids is 1. The van der Waals surface area contributed by atoms with Crippen molar-refractivity contribution in [3.8, 4) is 5.75 Å². The zero-order chi connectivity index (χ0) is 13.1. The molecule has 0 atom stereocenters. The molecule has 0 saturated heterocycles. The van der Waals surface area contributed by atoms with Gasteiger partial charge in [-0.15, -0.1) is 0 Å². The Morgan fingerprint density at radius 1 is 1.47 bits per heavy atom. The monoisotopic (exact) mass is 240 g/mol. The van der Waals surface area contributed by atoms with E-state index in [9.17, 15) is 14.3 Å². The third-order valence-corrected chi connectivity index (χ3v) is 2.51. The lowest BCUT2D eigenvalue weighted by Gasteiger charge is -2.20. The molecule has 0 spiro atoms. The lowest BCUT2D eigenvalue weighted by Crippen LogP contribution is -2.40. The van der Waals surface area contributed by atoms with Crippen LogP contribution in [0.2, 0.25) is 0 Å². The minimum atomic E-state index is -0.657. The van der Waals surface area contributed by atoms with E-state index in [1.165, 1.54) is 12.1 Å². The first-order valence-electron chi connectivity index (χ1n) is 5.30. The Balaban J connectivity index is 2.54. The zero-order valence-corrected chi connectivity index (χ0v) is 9.96. The summed E-state index contributed by atoms with van der Waals surface area (Å²) in [4.78, 5) is 11.1. The molecule has 17 heavy (non-hydrogen) atoms. The smallest absolute Gasteiger partial charge is 0.224 e. The number of halogens is 1. The SMILES string of the molecule is CC(C)(CNCc1cc(O)cc(F)c1)C(N)=O. The highest BCUT2D eigenvalue weighted by atomic mass is 19.1. The number of aromatic hydroxyl groups is 1. The molecule has 0 bridgehead atoms. The summed E-state index contributed by atoms with van der Waals surface area (Å²) >= 11 is 0. The van der Waals surface area contributed by atoms with E-state index < -0.39 is 17.1 Å². The second-order valence-electron chi connectivity index (χ2n) is 4.67. The topological polar surface area (TPSA) is 75.3 Å². The van der Waals surface area contributed by atoms with Crippen LogP contribution in [0.25, 0.3) is 0 Å². The van der Waals surface area contributed by atoms with Crippen molar-refractivity contribution in [1.82, 2.24) is 5.32 Å². The van der Waals surface area contributed by atoms with Crippen molar-refractivity contribution in [3.63, 3.8) is 0 Å². The molecule has 0 heterocycles. The van der Waals surface area contributed by atoms with Gasteiger partial charge in [-0.3, -0.25) is 4.79 Å². The first kappa shape index (κ1) is 13.4. The minimum Gasteiger partial charge on any atom is -0.508 e. The largest absolute Gasteiger partial charge is 0.508 e. The van der Waals surface area contributed by atoms with Crippen LogP contribution in [0.3, 0.4) is 0 Å². The normalized spacial score (nSPS) is 11.5. The van der Waals surface area contributed by atoms with Crippen LogP contribution in [-0.2, 0) is 11.3 Å². The Bertz CT molecular complexity index is 399. The van der Waals surface area contributed by atoms with Crippen LogP contribution in [0.5, 0.6) is 5.75 Å². The Morgan fingerprint density at radius 2 is 2.12 bits per heavy atom. The standard InChI is InChI=1S/C12H17FN2O2/c1-12(2,11(14)17)7-15-6-8-3-9(13)5-10(16)4-8/h3-5,15-16H,6-7H2,1-2H3,(H2,14,17). The van der Waals surface area contributed by atoms with Gasteiger partial charge in [-0.05, 0) is 31.5 Å². The molecule has 0 unspecified atom stereocenters. The number of benzene rings is 1. The zero-order valence-electron chi connectivity index (χ0n) is 9.96. The van der Waals surface area contributed by atoms with Gasteiger partial charge in [-0.1, -0.05) is 0 Å². The first-order valence-corrected chi connectivity index (χ1v) is 5.30. The number of hydrogen-bond donors (Lipinski definition) is 3. The van der Waals surface area contributed by atoms with Crippen molar-refractivity contribution >= 4 is 5.91 Å². The molecule has 1 amide bonds. The Hall–Kier alpha value is -1.62. The predicted octanol–water partition coefficient (Wildman–Crippen LogP) is 1.13. The third kappa shape index (κ3) is 4.03. The van der Waals surface area contributed by atoms with Gasteiger partial charge in [0.1, 0.15) is 11.6 Å². The Morgan fingerprint density at radius 3 is 2.65 bits per heavy atom. The number of amides is 1. The van der Waals surface area contributed by atoms with E-state index in [0.29, 0.717) is 18.7 Å². The van der Waals surface area contributed by atoms with Crippen LogP contribution in [0.15, 0.2) is 18.2 Å². The fourth-order valence-electron chi connectivity index (χ4n) is 1.34. The second-order valence-corrected chi connectivity index (χ2v) is 4.67. The van der Waals surface area contributed by atoms with E-state index in [0.717, 1.165) is 6.07 Å². The molecule has 0 saturated carbocycles. The number of hydrogen-bond acceptors (Lipinski definition) is 3. The van der Waals surface area contributed by atoms with Gasteiger partial charge in [-0.25, -0.2) is 4.39 Å². The number of rotatable bonds is 5. The van der Waals surface area contributed by atoms with Crippen LogP contribution in [0.1, 0.15) is 19.4 Å². The summed E-state index contributed by atoms with van der Waals surface area (Å²) in [5, 5.41) is 12.2. The summed E-state index contributed by atoms with van der Waals surface area (Å²) < 4.78 is 13.0. The van der Waals surface area contributed by atoms with E-state index >= 15 is 0 Å². The molecule has 4 nitrogen and oxygen atoms in total. The average molecular weight is 240 g/mol. The molecule has 0 fully saturated rings. The lowest BCUT2D eigenvalue weighted by atomic mass is 9.93. The molecule has 0 aromatic heterocycles. The van der Waals surface area contributed by atoms with Gasteiger partial charge in [0.2, 0.25) is 5.91 Å². The summed E-state index contributed by atoms with van der Waals surface area (Å²) in [6.07, 6.45) is 0. The number of nitrogens with one attached hydrogen (secondary N) is 1. The van der Waals surface area contributed by atoms with Crippen molar-refractivity contribution in [3.05, 3.63) is 29.6 Å². The number of primary amides is 1. The van der Waals surface area contributed by atoms with E-state index in [2.05, 4.69) is 5.32 Å². The number of phenols is 1. The van der Waals surface area contributed by atoms with Gasteiger partial charge in [0.15, 0.2) is 0 Å². The molecular formula is C12H17FN2O2. The highest BCUT2D eigenvalue weighted by Crippen LogP contribution is 2.15. The number of phenolic OH excluding ortho intramolecular Hbond substituents is 1. The summed E-state index contributed by atoms with van der Waals surface area (Å²) in [6, 6.07) is 3.83. The molecule has 0 aliphatic heterocycles. The molecule has 0 radical (unpaired) electrons. The number of nitrogens with two attached hydrogens (primary N) is 1. The molecule has 1 aromatic rings. The molecular weight excluding hydrogens is 223 g/mol. The van der Waals surface area contributed by atoms with Gasteiger partial charge >= 0.3 is 0 Å². The number of carbonyl (C=O) groups is 1. The van der Waals surface area contributed by atoms with Gasteiger partial charge in [0.25, 0.3) is 0 Å². The average Bonchev–Trinajstić information content (AvgIpc) is 2.15. The van der Waals surface area contributed by atoms with Crippen LogP contribution in [-0.4, -0.2) is 17.6 Å². The van der Waals surface area contributed by atoms with Gasteiger partial charge < -0.3 is 16.2 Å². The quantitative estimate of drug-likeness (QED) is 0.722. The first-order chi connectivity index (χ1) is 7.81. The molecule has 1 aromatic carbocycles. The van der Waals surface area contributed by atoms with Crippen LogP contribution < -0.4 is 11.1 Å². The third-order valence-electron chi connectivity index (χ3n) is 2.51. The summed E-state index contributed by atoms with van der Waals surface area (Å²) in [5.74, 6) is -1.00. The van der Waals surface area contributed by atoms with Crippen molar-refractivity contribution in [2.24, 2.45) is 11.1 Å². The van der Waals surface area contributed by atoms with Gasteiger partial charge in [0.05, 0.1) is 5.41 Å². The fraction of sp³-hybridized carbons (Fsp3) is 0.417. The molecule has 0 aliphatic rings. The fourth-order valence-corrected chi connectivity index (χ4v) is 1.34. The van der Waals surface area contributed by atoms with Crippen LogP contribution in [0.4, 0.5) is 4.39 Å². The maximum absolute atomic E-state index is 13.0. The lowest BCUT2D eigenvalue weighted by molar-refractivity contribution is -0.125. The van der Waals surface area contributed by atoms with E-state index in [1.54, 1.807) is 13.8 Å². The summed E-state index contributed by atoms with van der Waals surface area (Å²) in [6.45, 7) is 4.21. The Kier molecular flexibility index (Phi) is 4.07. The predicted molar refractivity (Wildman–Crippen MR) is 62.7 cm³/mol. The minimum absolute atomic E-state index is 0.115. The van der Waals surface area contributed by atoms with E-state index in [4.69, 9.17) is 5.73 Å². The highest BCUT2D eigenvalue weighted by molar-refractivity contribution is 5.80. The molecule has 1 rings (SSSR count). The van der Waals surface area contributed by atoms with Crippen molar-refractivity contribution in [1.29, 1.82) is 0 Å². The molecule has 4 N–H and O–H groups in total. The summed E-state index contributed by atoms with van der Waals surface area (Å²) in [5.41, 5.74) is 5.18.